The Morgan fingerprint density at radius 3 is 2.92 bits per heavy atom. The summed E-state index contributed by atoms with van der Waals surface area (Å²) in [4.78, 5) is 4.06. The molecule has 64 valence electrons. The zero-order chi connectivity index (χ0) is 8.55. The highest BCUT2D eigenvalue weighted by atomic mass is 127. The first-order valence-electron chi connectivity index (χ1n) is 3.73. The minimum atomic E-state index is 0.432. The highest BCUT2D eigenvalue weighted by molar-refractivity contribution is 14.1. The van der Waals surface area contributed by atoms with Crippen molar-refractivity contribution < 1.29 is 4.74 Å². The van der Waals surface area contributed by atoms with Crippen molar-refractivity contribution in [2.24, 2.45) is 0 Å². The Morgan fingerprint density at radius 2 is 2.25 bits per heavy atom. The number of rotatable bonds is 2. The first-order chi connectivity index (χ1) is 5.77. The van der Waals surface area contributed by atoms with Crippen molar-refractivity contribution in [2.75, 3.05) is 0 Å². The monoisotopic (exact) mass is 339 g/mol. The summed E-state index contributed by atoms with van der Waals surface area (Å²) in [5, 5.41) is 0. The van der Waals surface area contributed by atoms with Gasteiger partial charge in [-0.3, -0.25) is 4.98 Å². The lowest BCUT2D eigenvalue weighted by Crippen LogP contribution is -1.97. The molecule has 4 heteroatoms. The summed E-state index contributed by atoms with van der Waals surface area (Å²) in [7, 11) is 0. The molecule has 1 aromatic rings. The number of pyridine rings is 1. The van der Waals surface area contributed by atoms with Crippen LogP contribution < -0.4 is 4.74 Å². The summed E-state index contributed by atoms with van der Waals surface area (Å²) in [5.41, 5.74) is 0. The molecular formula is C8H7BrINO. The number of nitrogens with zero attached hydrogens (tertiary/aromatic N) is 1. The van der Waals surface area contributed by atoms with Crippen molar-refractivity contribution in [2.45, 2.75) is 18.9 Å². The maximum atomic E-state index is 5.62. The molecule has 1 aliphatic rings. The van der Waals surface area contributed by atoms with Crippen LogP contribution in [0.3, 0.4) is 0 Å². The first-order valence-corrected chi connectivity index (χ1v) is 5.60. The normalized spacial score (nSPS) is 16.2. The summed E-state index contributed by atoms with van der Waals surface area (Å²) < 4.78 is 7.73. The molecule has 1 heterocycles. The van der Waals surface area contributed by atoms with Gasteiger partial charge in [-0.2, -0.15) is 0 Å². The van der Waals surface area contributed by atoms with Crippen molar-refractivity contribution >= 4 is 38.5 Å². The summed E-state index contributed by atoms with van der Waals surface area (Å²) in [6.07, 6.45) is 6.35. The van der Waals surface area contributed by atoms with E-state index in [4.69, 9.17) is 4.74 Å². The Balaban J connectivity index is 2.23. The van der Waals surface area contributed by atoms with Gasteiger partial charge in [-0.05, 0) is 51.4 Å². The number of ether oxygens (including phenoxy) is 1. The van der Waals surface area contributed by atoms with Crippen LogP contribution in [0.1, 0.15) is 12.8 Å². The quantitative estimate of drug-likeness (QED) is 0.773. The zero-order valence-corrected chi connectivity index (χ0v) is 10.0. The standard InChI is InChI=1S/C8H7BrINO/c9-8-6(10)3-11-4-7(8)12-5-1-2-5/h3-5H,1-2H2. The van der Waals surface area contributed by atoms with Crippen LogP contribution in [0.2, 0.25) is 0 Å². The fraction of sp³-hybridized carbons (Fsp3) is 0.375. The average molecular weight is 340 g/mol. The lowest BCUT2D eigenvalue weighted by molar-refractivity contribution is 0.299. The third-order valence-corrected chi connectivity index (χ3v) is 4.00. The predicted molar refractivity (Wildman–Crippen MR) is 58.3 cm³/mol. The van der Waals surface area contributed by atoms with Gasteiger partial charge in [0.2, 0.25) is 0 Å². The molecule has 1 aromatic heterocycles. The molecule has 2 rings (SSSR count). The fourth-order valence-electron chi connectivity index (χ4n) is 0.849. The van der Waals surface area contributed by atoms with Crippen molar-refractivity contribution in [3.63, 3.8) is 0 Å². The van der Waals surface area contributed by atoms with Gasteiger partial charge in [-0.15, -0.1) is 0 Å². The Labute approximate surface area is 93.0 Å². The summed E-state index contributed by atoms with van der Waals surface area (Å²) in [5.74, 6) is 0.865. The van der Waals surface area contributed by atoms with Crippen LogP contribution in [0.5, 0.6) is 5.75 Å². The Bertz CT molecular complexity index is 301. The Hall–Kier alpha value is 0.160. The van der Waals surface area contributed by atoms with Crippen LogP contribution in [-0.4, -0.2) is 11.1 Å². The molecule has 0 bridgehead atoms. The van der Waals surface area contributed by atoms with Crippen LogP contribution in [0.15, 0.2) is 16.9 Å². The van der Waals surface area contributed by atoms with E-state index in [2.05, 4.69) is 43.5 Å². The molecule has 1 aliphatic carbocycles. The van der Waals surface area contributed by atoms with E-state index < -0.39 is 0 Å². The van der Waals surface area contributed by atoms with Crippen LogP contribution in [-0.2, 0) is 0 Å². The second-order valence-electron chi connectivity index (χ2n) is 2.75. The SMILES string of the molecule is Brc1c(I)cncc1OC1CC1. The van der Waals surface area contributed by atoms with Crippen LogP contribution in [0, 0.1) is 3.57 Å². The van der Waals surface area contributed by atoms with Gasteiger partial charge in [-0.1, -0.05) is 0 Å². The van der Waals surface area contributed by atoms with E-state index >= 15 is 0 Å². The zero-order valence-electron chi connectivity index (χ0n) is 6.26. The molecule has 0 N–H and O–H groups in total. The molecule has 12 heavy (non-hydrogen) atoms. The van der Waals surface area contributed by atoms with E-state index in [1.807, 2.05) is 6.20 Å². The van der Waals surface area contributed by atoms with Gasteiger partial charge in [0.15, 0.2) is 5.75 Å². The van der Waals surface area contributed by atoms with E-state index in [-0.39, 0.29) is 0 Å². The van der Waals surface area contributed by atoms with Gasteiger partial charge in [0.05, 0.1) is 16.8 Å². The van der Waals surface area contributed by atoms with Crippen molar-refractivity contribution in [1.29, 1.82) is 0 Å². The van der Waals surface area contributed by atoms with Gasteiger partial charge in [0.25, 0.3) is 0 Å². The van der Waals surface area contributed by atoms with Gasteiger partial charge in [0.1, 0.15) is 0 Å². The predicted octanol–water partition coefficient (Wildman–Crippen LogP) is 2.99. The summed E-state index contributed by atoms with van der Waals surface area (Å²) >= 11 is 5.69. The van der Waals surface area contributed by atoms with E-state index in [0.717, 1.165) is 13.8 Å². The molecule has 0 amide bonds. The Kier molecular flexibility index (Phi) is 2.55. The van der Waals surface area contributed by atoms with Crippen LogP contribution in [0.25, 0.3) is 0 Å². The molecule has 1 fully saturated rings. The molecule has 0 unspecified atom stereocenters. The molecule has 0 aliphatic heterocycles. The largest absolute Gasteiger partial charge is 0.488 e. The van der Waals surface area contributed by atoms with Crippen LogP contribution in [0.4, 0.5) is 0 Å². The number of hydrogen-bond acceptors (Lipinski definition) is 2. The van der Waals surface area contributed by atoms with Gasteiger partial charge in [0, 0.05) is 9.77 Å². The molecule has 1 saturated carbocycles. The molecule has 0 atom stereocenters. The number of halogens is 2. The third-order valence-electron chi connectivity index (χ3n) is 1.62. The van der Waals surface area contributed by atoms with Crippen molar-refractivity contribution in [3.05, 3.63) is 20.4 Å². The minimum Gasteiger partial charge on any atom is -0.488 e. The average Bonchev–Trinajstić information content (AvgIpc) is 2.83. The highest BCUT2D eigenvalue weighted by Gasteiger charge is 2.24. The number of aromatic nitrogens is 1. The van der Waals surface area contributed by atoms with Crippen molar-refractivity contribution in [1.82, 2.24) is 4.98 Å². The molecule has 0 spiro atoms. The second-order valence-corrected chi connectivity index (χ2v) is 4.71. The first kappa shape index (κ1) is 8.74. The van der Waals surface area contributed by atoms with Gasteiger partial charge < -0.3 is 4.74 Å². The molecule has 0 aromatic carbocycles. The van der Waals surface area contributed by atoms with E-state index in [1.54, 1.807) is 6.20 Å². The van der Waals surface area contributed by atoms with E-state index in [9.17, 15) is 0 Å². The fourth-order valence-corrected chi connectivity index (χ4v) is 1.57. The van der Waals surface area contributed by atoms with Gasteiger partial charge >= 0.3 is 0 Å². The lowest BCUT2D eigenvalue weighted by Gasteiger charge is -2.06. The van der Waals surface area contributed by atoms with Gasteiger partial charge in [-0.25, -0.2) is 0 Å². The topological polar surface area (TPSA) is 22.1 Å². The molecule has 0 radical (unpaired) electrons. The van der Waals surface area contributed by atoms with E-state index in [0.29, 0.717) is 6.10 Å². The minimum absolute atomic E-state index is 0.432. The van der Waals surface area contributed by atoms with Crippen molar-refractivity contribution in [3.8, 4) is 5.75 Å². The van der Waals surface area contributed by atoms with E-state index in [1.165, 1.54) is 12.8 Å². The summed E-state index contributed by atoms with van der Waals surface area (Å²) in [6.45, 7) is 0. The second kappa shape index (κ2) is 3.49. The molecule has 2 nitrogen and oxygen atoms in total. The third kappa shape index (κ3) is 1.90. The smallest absolute Gasteiger partial charge is 0.153 e. The summed E-state index contributed by atoms with van der Waals surface area (Å²) in [6, 6.07) is 0. The maximum absolute atomic E-state index is 5.62. The maximum Gasteiger partial charge on any atom is 0.153 e. The highest BCUT2D eigenvalue weighted by Crippen LogP contribution is 2.33. The molecular weight excluding hydrogens is 333 g/mol. The lowest BCUT2D eigenvalue weighted by atomic mass is 10.5. The molecule has 0 saturated heterocycles. The number of hydrogen-bond donors (Lipinski definition) is 0. The Morgan fingerprint density at radius 1 is 1.50 bits per heavy atom. The van der Waals surface area contributed by atoms with Crippen LogP contribution >= 0.6 is 38.5 Å².